The molecule has 2 atom stereocenters. The lowest BCUT2D eigenvalue weighted by molar-refractivity contribution is -0.870. The number of likely N-dealkylation sites (N-methyl/N-ethyl adjacent to an activating group) is 1. The topological polar surface area (TPSA) is 108 Å². The highest BCUT2D eigenvalue weighted by Gasteiger charge is 2.25. The summed E-state index contributed by atoms with van der Waals surface area (Å²) in [6, 6.07) is 0. The monoisotopic (exact) mass is 891 g/mol. The van der Waals surface area contributed by atoms with Crippen LogP contribution in [-0.2, 0) is 33.3 Å². The van der Waals surface area contributed by atoms with Gasteiger partial charge in [-0.3, -0.25) is 9.59 Å². The largest absolute Gasteiger partial charge is 0.477 e. The summed E-state index contributed by atoms with van der Waals surface area (Å²) >= 11 is 0. The second-order valence-electron chi connectivity index (χ2n) is 18.8. The lowest BCUT2D eigenvalue weighted by atomic mass is 10.0. The minimum absolute atomic E-state index is 0.185. The average molecular weight is 891 g/mol. The zero-order chi connectivity index (χ0) is 46.3. The average Bonchev–Trinajstić information content (AvgIpc) is 3.24. The molecule has 0 saturated carbocycles. The lowest BCUT2D eigenvalue weighted by Crippen LogP contribution is -2.40. The molecule has 0 aliphatic carbocycles. The van der Waals surface area contributed by atoms with Crippen LogP contribution in [0.2, 0.25) is 0 Å². The molecular weight excluding hydrogens is 791 g/mol. The number of ether oxygens (including phenoxy) is 4. The van der Waals surface area contributed by atoms with Crippen LogP contribution in [0.15, 0.2) is 36.5 Å². The highest BCUT2D eigenvalue weighted by atomic mass is 16.7. The van der Waals surface area contributed by atoms with E-state index in [0.717, 1.165) is 64.2 Å². The van der Waals surface area contributed by atoms with Crippen molar-refractivity contribution in [3.63, 3.8) is 0 Å². The number of allylic oxidation sites excluding steroid dienone is 6. The maximum absolute atomic E-state index is 12.8. The fourth-order valence-electron chi connectivity index (χ4n) is 7.28. The number of quaternary nitrogens is 1. The number of carbonyl (C=O) groups excluding carboxylic acids is 2. The molecule has 0 aliphatic rings. The van der Waals surface area contributed by atoms with E-state index < -0.39 is 24.3 Å². The van der Waals surface area contributed by atoms with E-state index in [1.54, 1.807) is 0 Å². The van der Waals surface area contributed by atoms with Crippen LogP contribution >= 0.6 is 0 Å². The van der Waals surface area contributed by atoms with Crippen molar-refractivity contribution < 1.29 is 42.9 Å². The van der Waals surface area contributed by atoms with Gasteiger partial charge in [0, 0.05) is 12.8 Å². The molecule has 9 nitrogen and oxygen atoms in total. The second-order valence-corrected chi connectivity index (χ2v) is 18.8. The maximum atomic E-state index is 12.8. The summed E-state index contributed by atoms with van der Waals surface area (Å²) in [7, 11) is 5.96. The predicted molar refractivity (Wildman–Crippen MR) is 263 cm³/mol. The maximum Gasteiger partial charge on any atom is 0.361 e. The highest BCUT2D eigenvalue weighted by Crippen LogP contribution is 2.16. The van der Waals surface area contributed by atoms with Crippen molar-refractivity contribution >= 4 is 17.9 Å². The van der Waals surface area contributed by atoms with Crippen LogP contribution in [0.1, 0.15) is 232 Å². The van der Waals surface area contributed by atoms with E-state index in [0.29, 0.717) is 23.9 Å². The molecule has 2 unspecified atom stereocenters. The Labute approximate surface area is 388 Å². The summed E-state index contributed by atoms with van der Waals surface area (Å²) in [5, 5.41) is 9.66. The lowest BCUT2D eigenvalue weighted by Gasteiger charge is -2.25. The van der Waals surface area contributed by atoms with E-state index in [4.69, 9.17) is 18.9 Å². The third kappa shape index (κ3) is 47.3. The van der Waals surface area contributed by atoms with Gasteiger partial charge in [0.15, 0.2) is 6.10 Å². The molecule has 0 aromatic heterocycles. The molecule has 0 aromatic carbocycles. The normalized spacial score (nSPS) is 13.1. The number of rotatable bonds is 48. The number of nitrogens with zero attached hydrogens (tertiary/aromatic N) is 1. The molecule has 0 bridgehead atoms. The molecule has 0 heterocycles. The molecular formula is C54H100NO8+. The zero-order valence-electron chi connectivity index (χ0n) is 41.7. The van der Waals surface area contributed by atoms with Crippen molar-refractivity contribution in [2.75, 3.05) is 47.5 Å². The molecule has 368 valence electrons. The van der Waals surface area contributed by atoms with Crippen LogP contribution in [0.25, 0.3) is 0 Å². The van der Waals surface area contributed by atoms with Crippen molar-refractivity contribution in [1.29, 1.82) is 0 Å². The Morgan fingerprint density at radius 1 is 0.476 bits per heavy atom. The molecule has 63 heavy (non-hydrogen) atoms. The summed E-state index contributed by atoms with van der Waals surface area (Å²) in [6.45, 7) is 4.81. The Bertz CT molecular complexity index is 1130. The van der Waals surface area contributed by atoms with Crippen molar-refractivity contribution in [1.82, 2.24) is 0 Å². The molecule has 0 aliphatic heterocycles. The summed E-state index contributed by atoms with van der Waals surface area (Å²) in [4.78, 5) is 37.2. The minimum Gasteiger partial charge on any atom is -0.477 e. The molecule has 0 aromatic rings. The summed E-state index contributed by atoms with van der Waals surface area (Å²) < 4.78 is 22.8. The smallest absolute Gasteiger partial charge is 0.361 e. The van der Waals surface area contributed by atoms with Crippen LogP contribution in [0, 0.1) is 0 Å². The van der Waals surface area contributed by atoms with Gasteiger partial charge in [0.25, 0.3) is 6.29 Å². The van der Waals surface area contributed by atoms with E-state index in [2.05, 4.69) is 50.3 Å². The van der Waals surface area contributed by atoms with E-state index in [-0.39, 0.29) is 32.2 Å². The first-order valence-corrected chi connectivity index (χ1v) is 26.2. The Hall–Kier alpha value is -2.49. The number of esters is 2. The van der Waals surface area contributed by atoms with Crippen molar-refractivity contribution in [3.05, 3.63) is 36.5 Å². The quantitative estimate of drug-likeness (QED) is 0.0212. The Morgan fingerprint density at radius 2 is 0.889 bits per heavy atom. The first-order valence-electron chi connectivity index (χ1n) is 26.2. The van der Waals surface area contributed by atoms with Gasteiger partial charge in [-0.25, -0.2) is 4.79 Å². The number of hydrogen-bond acceptors (Lipinski definition) is 7. The van der Waals surface area contributed by atoms with E-state index in [1.165, 1.54) is 135 Å². The number of carbonyl (C=O) groups is 3. The first kappa shape index (κ1) is 60.5. The fourth-order valence-corrected chi connectivity index (χ4v) is 7.28. The van der Waals surface area contributed by atoms with Gasteiger partial charge in [0.05, 0.1) is 34.4 Å². The van der Waals surface area contributed by atoms with Crippen molar-refractivity contribution in [3.8, 4) is 0 Å². The first-order chi connectivity index (χ1) is 30.6. The molecule has 0 rings (SSSR count). The third-order valence-electron chi connectivity index (χ3n) is 11.4. The van der Waals surface area contributed by atoms with E-state index in [1.807, 2.05) is 21.1 Å². The van der Waals surface area contributed by atoms with E-state index >= 15 is 0 Å². The van der Waals surface area contributed by atoms with Gasteiger partial charge in [-0.15, -0.1) is 0 Å². The van der Waals surface area contributed by atoms with Gasteiger partial charge in [0.2, 0.25) is 0 Å². The van der Waals surface area contributed by atoms with Gasteiger partial charge in [0.1, 0.15) is 13.2 Å². The van der Waals surface area contributed by atoms with Crippen LogP contribution in [0.4, 0.5) is 0 Å². The van der Waals surface area contributed by atoms with Gasteiger partial charge in [-0.1, -0.05) is 192 Å². The summed E-state index contributed by atoms with van der Waals surface area (Å²) in [6.07, 6.45) is 50.8. The Kier molecular flexibility index (Phi) is 44.2. The molecule has 0 spiro atoms. The highest BCUT2D eigenvalue weighted by molar-refractivity contribution is 5.71. The van der Waals surface area contributed by atoms with Crippen LogP contribution in [0.3, 0.4) is 0 Å². The zero-order valence-corrected chi connectivity index (χ0v) is 41.7. The second kappa shape index (κ2) is 46.1. The standard InChI is InChI=1S/C54H99NO8/c1-6-8-10-12-14-16-18-20-21-22-23-24-25-26-27-28-29-30-31-33-34-36-38-40-42-44-51(56)61-48-50(49-62-54(53(58)59)60-47-46-55(3,4)5)63-52(57)45-43-41-39-37-35-32-19-17-15-13-11-9-7-2/h11,13,17,19,22-23,50,54H,6-10,12,14-16,18,20-21,24-49H2,1-5H3/p+1/b13-11-,19-17-,23-22-. The fraction of sp³-hybridized carbons (Fsp3) is 0.833. The third-order valence-corrected chi connectivity index (χ3v) is 11.4. The SMILES string of the molecule is CCC/C=C\C/C=C\CCCCCCCC(=O)OC(COC(=O)CCCCCCCCCCCCCCC/C=C\CCCCCCCCCC)COC(OCC[N+](C)(C)C)C(=O)O. The van der Waals surface area contributed by atoms with Crippen molar-refractivity contribution in [2.24, 2.45) is 0 Å². The molecule has 0 amide bonds. The predicted octanol–water partition coefficient (Wildman–Crippen LogP) is 14.6. The van der Waals surface area contributed by atoms with Gasteiger partial charge >= 0.3 is 17.9 Å². The molecule has 0 fully saturated rings. The molecule has 9 heteroatoms. The summed E-state index contributed by atoms with van der Waals surface area (Å²) in [5.41, 5.74) is 0. The number of unbranched alkanes of at least 4 members (excludes halogenated alkanes) is 27. The van der Waals surface area contributed by atoms with Gasteiger partial charge in [-0.05, 0) is 64.2 Å². The van der Waals surface area contributed by atoms with E-state index in [9.17, 15) is 19.5 Å². The number of carboxylic acids is 1. The van der Waals surface area contributed by atoms with Gasteiger partial charge < -0.3 is 28.5 Å². The van der Waals surface area contributed by atoms with Crippen LogP contribution in [0.5, 0.6) is 0 Å². The van der Waals surface area contributed by atoms with Crippen LogP contribution < -0.4 is 0 Å². The summed E-state index contributed by atoms with van der Waals surface area (Å²) in [5.74, 6) is -2.02. The number of hydrogen-bond donors (Lipinski definition) is 1. The minimum atomic E-state index is -1.51. The molecule has 0 radical (unpaired) electrons. The number of carboxylic acid groups (broad SMARTS) is 1. The van der Waals surface area contributed by atoms with Crippen LogP contribution in [-0.4, -0.2) is 87.4 Å². The molecule has 0 saturated heterocycles. The Morgan fingerprint density at radius 3 is 1.33 bits per heavy atom. The number of aliphatic carboxylic acids is 1. The van der Waals surface area contributed by atoms with Gasteiger partial charge in [-0.2, -0.15) is 0 Å². The Balaban J connectivity index is 4.21. The molecule has 1 N–H and O–H groups in total. The van der Waals surface area contributed by atoms with Crippen molar-refractivity contribution in [2.45, 2.75) is 245 Å².